The summed E-state index contributed by atoms with van der Waals surface area (Å²) in [5.74, 6) is -0.122. The van der Waals surface area contributed by atoms with Crippen molar-refractivity contribution in [1.82, 2.24) is 9.88 Å². The molecule has 0 unspecified atom stereocenters. The first-order chi connectivity index (χ1) is 9.00. The second kappa shape index (κ2) is 5.57. The first-order valence-electron chi connectivity index (χ1n) is 6.64. The number of rotatable bonds is 4. The van der Waals surface area contributed by atoms with Crippen LogP contribution < -0.4 is 5.32 Å². The van der Waals surface area contributed by atoms with E-state index >= 15 is 0 Å². The quantitative estimate of drug-likeness (QED) is 0.864. The number of aromatic nitrogens is 1. The van der Waals surface area contributed by atoms with E-state index in [0.717, 1.165) is 31.4 Å². The summed E-state index contributed by atoms with van der Waals surface area (Å²) in [5, 5.41) is 13.5. The average Bonchev–Trinajstić information content (AvgIpc) is 2.83. The molecule has 1 aliphatic rings. The van der Waals surface area contributed by atoms with Gasteiger partial charge in [-0.15, -0.1) is 0 Å². The molecule has 0 saturated heterocycles. The molecular weight excluding hydrogens is 242 g/mol. The summed E-state index contributed by atoms with van der Waals surface area (Å²) >= 11 is 0. The van der Waals surface area contributed by atoms with Crippen molar-refractivity contribution >= 4 is 11.6 Å². The van der Waals surface area contributed by atoms with Crippen molar-refractivity contribution in [1.29, 1.82) is 0 Å². The zero-order valence-corrected chi connectivity index (χ0v) is 11.5. The Balaban J connectivity index is 2.01. The van der Waals surface area contributed by atoms with Crippen LogP contribution in [0.3, 0.4) is 0 Å². The van der Waals surface area contributed by atoms with Crippen molar-refractivity contribution in [2.75, 3.05) is 26.0 Å². The molecule has 104 valence electrons. The lowest BCUT2D eigenvalue weighted by molar-refractivity contribution is 0.0615. The Morgan fingerprint density at radius 3 is 2.79 bits per heavy atom. The maximum Gasteiger partial charge on any atom is 0.272 e. The van der Waals surface area contributed by atoms with Crippen LogP contribution in [0.15, 0.2) is 18.3 Å². The maximum absolute atomic E-state index is 11.8. The van der Waals surface area contributed by atoms with E-state index in [-0.39, 0.29) is 5.91 Å². The van der Waals surface area contributed by atoms with E-state index in [1.165, 1.54) is 4.90 Å². The molecule has 0 aliphatic heterocycles. The Bertz CT molecular complexity index is 454. The molecule has 1 amide bonds. The van der Waals surface area contributed by atoms with Gasteiger partial charge in [-0.1, -0.05) is 12.8 Å². The highest BCUT2D eigenvalue weighted by Crippen LogP contribution is 2.29. The van der Waals surface area contributed by atoms with Gasteiger partial charge in [0.1, 0.15) is 5.69 Å². The fourth-order valence-corrected chi connectivity index (χ4v) is 2.36. The zero-order chi connectivity index (χ0) is 13.9. The Hall–Kier alpha value is -1.62. The van der Waals surface area contributed by atoms with Gasteiger partial charge in [0.15, 0.2) is 0 Å². The van der Waals surface area contributed by atoms with Crippen molar-refractivity contribution in [3.63, 3.8) is 0 Å². The number of nitrogens with zero attached hydrogens (tertiary/aromatic N) is 2. The van der Waals surface area contributed by atoms with Crippen LogP contribution in [0.5, 0.6) is 0 Å². The monoisotopic (exact) mass is 263 g/mol. The second-order valence-corrected chi connectivity index (χ2v) is 5.41. The standard InChI is InChI=1S/C14H21N3O2/c1-17(2)13(18)12-9-11(5-8-15-12)16-10-14(19)6-3-4-7-14/h5,8-9,19H,3-4,6-7,10H2,1-2H3,(H,15,16). The summed E-state index contributed by atoms with van der Waals surface area (Å²) in [4.78, 5) is 17.4. The van der Waals surface area contributed by atoms with Gasteiger partial charge in [-0.3, -0.25) is 9.78 Å². The van der Waals surface area contributed by atoms with E-state index in [0.29, 0.717) is 12.2 Å². The van der Waals surface area contributed by atoms with Gasteiger partial charge in [0.25, 0.3) is 5.91 Å². The molecule has 1 aromatic heterocycles. The number of carbonyl (C=O) groups is 1. The number of hydrogen-bond acceptors (Lipinski definition) is 4. The third-order valence-electron chi connectivity index (χ3n) is 3.54. The third-order valence-corrected chi connectivity index (χ3v) is 3.54. The molecule has 19 heavy (non-hydrogen) atoms. The van der Waals surface area contributed by atoms with Crippen molar-refractivity contribution in [2.24, 2.45) is 0 Å². The van der Waals surface area contributed by atoms with Gasteiger partial charge >= 0.3 is 0 Å². The van der Waals surface area contributed by atoms with Crippen LogP contribution >= 0.6 is 0 Å². The maximum atomic E-state index is 11.8. The summed E-state index contributed by atoms with van der Waals surface area (Å²) < 4.78 is 0. The van der Waals surface area contributed by atoms with E-state index in [2.05, 4.69) is 10.3 Å². The molecule has 1 aliphatic carbocycles. The predicted octanol–water partition coefficient (Wildman–Crippen LogP) is 1.50. The first-order valence-corrected chi connectivity index (χ1v) is 6.64. The van der Waals surface area contributed by atoms with Gasteiger partial charge in [0.2, 0.25) is 0 Å². The normalized spacial score (nSPS) is 17.2. The lowest BCUT2D eigenvalue weighted by atomic mass is 10.0. The Morgan fingerprint density at radius 2 is 2.16 bits per heavy atom. The summed E-state index contributed by atoms with van der Waals surface area (Å²) in [6.45, 7) is 0.520. The highest BCUT2D eigenvalue weighted by molar-refractivity contribution is 5.92. The number of aliphatic hydroxyl groups is 1. The Kier molecular flexibility index (Phi) is 4.04. The van der Waals surface area contributed by atoms with Gasteiger partial charge in [-0.25, -0.2) is 0 Å². The highest BCUT2D eigenvalue weighted by Gasteiger charge is 2.30. The molecule has 1 heterocycles. The fraction of sp³-hybridized carbons (Fsp3) is 0.571. The average molecular weight is 263 g/mol. The van der Waals surface area contributed by atoms with E-state index in [4.69, 9.17) is 0 Å². The van der Waals surface area contributed by atoms with Crippen LogP contribution in [0.4, 0.5) is 5.69 Å². The van der Waals surface area contributed by atoms with Crippen LogP contribution in [0.1, 0.15) is 36.2 Å². The predicted molar refractivity (Wildman–Crippen MR) is 74.2 cm³/mol. The number of pyridine rings is 1. The van der Waals surface area contributed by atoms with E-state index in [9.17, 15) is 9.90 Å². The molecule has 0 spiro atoms. The summed E-state index contributed by atoms with van der Waals surface area (Å²) in [5.41, 5.74) is 0.628. The summed E-state index contributed by atoms with van der Waals surface area (Å²) in [6, 6.07) is 3.53. The molecule has 1 fully saturated rings. The van der Waals surface area contributed by atoms with Crippen molar-refractivity contribution < 1.29 is 9.90 Å². The van der Waals surface area contributed by atoms with Crippen molar-refractivity contribution in [2.45, 2.75) is 31.3 Å². The minimum atomic E-state index is -0.602. The molecule has 0 radical (unpaired) electrons. The second-order valence-electron chi connectivity index (χ2n) is 5.41. The van der Waals surface area contributed by atoms with Crippen molar-refractivity contribution in [3.8, 4) is 0 Å². The number of nitrogens with one attached hydrogen (secondary N) is 1. The SMILES string of the molecule is CN(C)C(=O)c1cc(NCC2(O)CCCC2)ccn1. The summed E-state index contributed by atoms with van der Waals surface area (Å²) in [6.07, 6.45) is 5.46. The zero-order valence-electron chi connectivity index (χ0n) is 11.5. The van der Waals surface area contributed by atoms with Gasteiger partial charge in [-0.2, -0.15) is 0 Å². The molecule has 0 bridgehead atoms. The lowest BCUT2D eigenvalue weighted by Crippen LogP contribution is -2.33. The number of amides is 1. The Labute approximate surface area is 113 Å². The van der Waals surface area contributed by atoms with E-state index in [1.807, 2.05) is 6.07 Å². The third kappa shape index (κ3) is 3.44. The topological polar surface area (TPSA) is 65.5 Å². The lowest BCUT2D eigenvalue weighted by Gasteiger charge is -2.23. The molecule has 5 heteroatoms. The number of anilines is 1. The smallest absolute Gasteiger partial charge is 0.272 e. The van der Waals surface area contributed by atoms with Crippen LogP contribution in [-0.2, 0) is 0 Å². The van der Waals surface area contributed by atoms with Gasteiger partial charge in [0.05, 0.1) is 5.60 Å². The van der Waals surface area contributed by atoms with Crippen LogP contribution in [0.2, 0.25) is 0 Å². The van der Waals surface area contributed by atoms with Gasteiger partial charge in [0, 0.05) is 32.5 Å². The van der Waals surface area contributed by atoms with Gasteiger partial charge in [-0.05, 0) is 25.0 Å². The van der Waals surface area contributed by atoms with E-state index in [1.54, 1.807) is 26.4 Å². The summed E-state index contributed by atoms with van der Waals surface area (Å²) in [7, 11) is 3.40. The molecule has 0 aromatic carbocycles. The first kappa shape index (κ1) is 13.8. The van der Waals surface area contributed by atoms with Crippen LogP contribution in [0, 0.1) is 0 Å². The van der Waals surface area contributed by atoms with Crippen LogP contribution in [-0.4, -0.2) is 47.1 Å². The number of hydrogen-bond donors (Lipinski definition) is 2. The molecular formula is C14H21N3O2. The minimum Gasteiger partial charge on any atom is -0.388 e. The largest absolute Gasteiger partial charge is 0.388 e. The van der Waals surface area contributed by atoms with Crippen LogP contribution in [0.25, 0.3) is 0 Å². The molecule has 5 nitrogen and oxygen atoms in total. The molecule has 2 rings (SSSR count). The number of carbonyl (C=O) groups excluding carboxylic acids is 1. The fourth-order valence-electron chi connectivity index (χ4n) is 2.36. The molecule has 1 aromatic rings. The minimum absolute atomic E-state index is 0.122. The van der Waals surface area contributed by atoms with Crippen molar-refractivity contribution in [3.05, 3.63) is 24.0 Å². The highest BCUT2D eigenvalue weighted by atomic mass is 16.3. The van der Waals surface area contributed by atoms with Gasteiger partial charge < -0.3 is 15.3 Å². The molecule has 2 N–H and O–H groups in total. The molecule has 0 atom stereocenters. The molecule has 1 saturated carbocycles. The van der Waals surface area contributed by atoms with E-state index < -0.39 is 5.60 Å². The Morgan fingerprint density at radius 1 is 1.47 bits per heavy atom.